The number of nitrogens with zero attached hydrogens (tertiary/aromatic N) is 2. The SMILES string of the molecule is CC(N)c1cc(F)ccc1N(C)C1CCN(C)CC1. The van der Waals surface area contributed by atoms with Crippen LogP contribution in [0.15, 0.2) is 18.2 Å². The molecule has 1 heterocycles. The summed E-state index contributed by atoms with van der Waals surface area (Å²) in [5.41, 5.74) is 7.92. The first-order valence-corrected chi connectivity index (χ1v) is 6.95. The number of anilines is 1. The standard InChI is InChI=1S/C15H24FN3/c1-11(17)14-10-12(16)4-5-15(14)19(3)13-6-8-18(2)9-7-13/h4-5,10-11,13H,6-9,17H2,1-3H3. The van der Waals surface area contributed by atoms with Crippen molar-refractivity contribution in [3.05, 3.63) is 29.6 Å². The van der Waals surface area contributed by atoms with Crippen molar-refractivity contribution in [3.8, 4) is 0 Å². The minimum absolute atomic E-state index is 0.153. The maximum atomic E-state index is 13.4. The van der Waals surface area contributed by atoms with Crippen LogP contribution in [0.1, 0.15) is 31.4 Å². The van der Waals surface area contributed by atoms with Gasteiger partial charge in [-0.3, -0.25) is 0 Å². The summed E-state index contributed by atoms with van der Waals surface area (Å²) >= 11 is 0. The molecule has 1 aromatic carbocycles. The highest BCUT2D eigenvalue weighted by Gasteiger charge is 2.23. The summed E-state index contributed by atoms with van der Waals surface area (Å²) in [6, 6.07) is 5.29. The van der Waals surface area contributed by atoms with E-state index in [0.717, 1.165) is 37.2 Å². The first-order valence-electron chi connectivity index (χ1n) is 6.95. The zero-order valence-corrected chi connectivity index (χ0v) is 12.1. The predicted octanol–water partition coefficient (Wildman–Crippen LogP) is 2.38. The van der Waals surface area contributed by atoms with Gasteiger partial charge >= 0.3 is 0 Å². The second-order valence-electron chi connectivity index (χ2n) is 5.64. The van der Waals surface area contributed by atoms with E-state index in [1.54, 1.807) is 6.07 Å². The molecular weight excluding hydrogens is 241 g/mol. The van der Waals surface area contributed by atoms with Gasteiger partial charge in [-0.05, 0) is 63.7 Å². The lowest BCUT2D eigenvalue weighted by Crippen LogP contribution is -2.42. The van der Waals surface area contributed by atoms with Gasteiger partial charge in [0, 0.05) is 24.8 Å². The fourth-order valence-electron chi connectivity index (χ4n) is 2.79. The quantitative estimate of drug-likeness (QED) is 0.910. The fourth-order valence-corrected chi connectivity index (χ4v) is 2.79. The molecule has 2 rings (SSSR count). The van der Waals surface area contributed by atoms with Crippen LogP contribution in [0.3, 0.4) is 0 Å². The molecule has 1 aliphatic heterocycles. The maximum Gasteiger partial charge on any atom is 0.123 e. The minimum Gasteiger partial charge on any atom is -0.371 e. The number of hydrogen-bond donors (Lipinski definition) is 1. The van der Waals surface area contributed by atoms with Gasteiger partial charge in [-0.2, -0.15) is 0 Å². The van der Waals surface area contributed by atoms with Crippen LogP contribution in [-0.4, -0.2) is 38.1 Å². The van der Waals surface area contributed by atoms with Gasteiger partial charge in [-0.1, -0.05) is 0 Å². The van der Waals surface area contributed by atoms with E-state index >= 15 is 0 Å². The molecule has 4 heteroatoms. The molecular formula is C15H24FN3. The largest absolute Gasteiger partial charge is 0.371 e. The highest BCUT2D eigenvalue weighted by molar-refractivity contribution is 5.55. The summed E-state index contributed by atoms with van der Waals surface area (Å²) in [4.78, 5) is 4.62. The van der Waals surface area contributed by atoms with Gasteiger partial charge in [-0.15, -0.1) is 0 Å². The molecule has 3 nitrogen and oxygen atoms in total. The summed E-state index contributed by atoms with van der Waals surface area (Å²) in [5.74, 6) is -0.215. The molecule has 0 saturated carbocycles. The Labute approximate surface area is 115 Å². The first kappa shape index (κ1) is 14.3. The molecule has 1 aliphatic rings. The second-order valence-corrected chi connectivity index (χ2v) is 5.64. The number of halogens is 1. The predicted molar refractivity (Wildman–Crippen MR) is 77.9 cm³/mol. The Balaban J connectivity index is 2.21. The van der Waals surface area contributed by atoms with Crippen molar-refractivity contribution in [2.24, 2.45) is 5.73 Å². The molecule has 1 saturated heterocycles. The monoisotopic (exact) mass is 265 g/mol. The third kappa shape index (κ3) is 3.25. The van der Waals surface area contributed by atoms with Crippen LogP contribution in [0.25, 0.3) is 0 Å². The third-order valence-corrected chi connectivity index (χ3v) is 4.10. The van der Waals surface area contributed by atoms with Gasteiger partial charge in [0.25, 0.3) is 0 Å². The van der Waals surface area contributed by atoms with Gasteiger partial charge < -0.3 is 15.5 Å². The van der Waals surface area contributed by atoms with E-state index in [2.05, 4.69) is 23.9 Å². The second kappa shape index (κ2) is 5.88. The van der Waals surface area contributed by atoms with Crippen molar-refractivity contribution in [2.75, 3.05) is 32.1 Å². The lowest BCUT2D eigenvalue weighted by Gasteiger charge is -2.37. The van der Waals surface area contributed by atoms with E-state index < -0.39 is 0 Å². The molecule has 1 aromatic rings. The minimum atomic E-state index is -0.215. The number of nitrogens with two attached hydrogens (primary N) is 1. The van der Waals surface area contributed by atoms with Crippen molar-refractivity contribution in [2.45, 2.75) is 31.8 Å². The number of benzene rings is 1. The number of hydrogen-bond acceptors (Lipinski definition) is 3. The fraction of sp³-hybridized carbons (Fsp3) is 0.600. The van der Waals surface area contributed by atoms with Crippen LogP contribution in [0.4, 0.5) is 10.1 Å². The maximum absolute atomic E-state index is 13.4. The van der Waals surface area contributed by atoms with E-state index in [0.29, 0.717) is 6.04 Å². The lowest BCUT2D eigenvalue weighted by molar-refractivity contribution is 0.252. The molecule has 1 unspecified atom stereocenters. The van der Waals surface area contributed by atoms with Crippen LogP contribution >= 0.6 is 0 Å². The average molecular weight is 265 g/mol. The summed E-state index contributed by atoms with van der Waals surface area (Å²) in [6.07, 6.45) is 2.28. The zero-order valence-electron chi connectivity index (χ0n) is 12.1. The van der Waals surface area contributed by atoms with Crippen molar-refractivity contribution in [3.63, 3.8) is 0 Å². The van der Waals surface area contributed by atoms with Gasteiger partial charge in [0.1, 0.15) is 5.82 Å². The Kier molecular flexibility index (Phi) is 4.42. The summed E-state index contributed by atoms with van der Waals surface area (Å²) in [6.45, 7) is 4.13. The Hall–Kier alpha value is -1.13. The molecule has 106 valence electrons. The number of piperidine rings is 1. The van der Waals surface area contributed by atoms with Gasteiger partial charge in [-0.25, -0.2) is 4.39 Å². The molecule has 0 radical (unpaired) electrons. The summed E-state index contributed by atoms with van der Waals surface area (Å²) in [5, 5.41) is 0. The average Bonchev–Trinajstić information content (AvgIpc) is 2.38. The molecule has 0 aromatic heterocycles. The topological polar surface area (TPSA) is 32.5 Å². The van der Waals surface area contributed by atoms with Crippen LogP contribution < -0.4 is 10.6 Å². The Morgan fingerprint density at radius 3 is 2.58 bits per heavy atom. The Morgan fingerprint density at radius 1 is 1.37 bits per heavy atom. The van der Waals surface area contributed by atoms with Crippen LogP contribution in [-0.2, 0) is 0 Å². The number of likely N-dealkylation sites (tertiary alicyclic amines) is 1. The molecule has 1 atom stereocenters. The summed E-state index contributed by atoms with van der Waals surface area (Å²) < 4.78 is 13.4. The van der Waals surface area contributed by atoms with E-state index in [-0.39, 0.29) is 11.9 Å². The third-order valence-electron chi connectivity index (χ3n) is 4.10. The van der Waals surface area contributed by atoms with Crippen molar-refractivity contribution in [1.29, 1.82) is 0 Å². The van der Waals surface area contributed by atoms with E-state index in [1.165, 1.54) is 6.07 Å². The normalized spacial score (nSPS) is 19.4. The summed E-state index contributed by atoms with van der Waals surface area (Å²) in [7, 11) is 4.25. The van der Waals surface area contributed by atoms with Crippen LogP contribution in [0, 0.1) is 5.82 Å². The van der Waals surface area contributed by atoms with E-state index in [1.807, 2.05) is 13.0 Å². The number of rotatable bonds is 3. The van der Waals surface area contributed by atoms with E-state index in [9.17, 15) is 4.39 Å². The molecule has 0 spiro atoms. The lowest BCUT2D eigenvalue weighted by atomic mass is 10.00. The molecule has 0 amide bonds. The molecule has 1 fully saturated rings. The van der Waals surface area contributed by atoms with Crippen LogP contribution in [0.2, 0.25) is 0 Å². The van der Waals surface area contributed by atoms with Gasteiger partial charge in [0.05, 0.1) is 0 Å². The van der Waals surface area contributed by atoms with Gasteiger partial charge in [0.2, 0.25) is 0 Å². The van der Waals surface area contributed by atoms with Crippen molar-refractivity contribution < 1.29 is 4.39 Å². The highest BCUT2D eigenvalue weighted by atomic mass is 19.1. The molecule has 2 N–H and O–H groups in total. The van der Waals surface area contributed by atoms with Crippen molar-refractivity contribution in [1.82, 2.24) is 4.90 Å². The zero-order chi connectivity index (χ0) is 14.0. The molecule has 0 bridgehead atoms. The van der Waals surface area contributed by atoms with Crippen LogP contribution in [0.5, 0.6) is 0 Å². The first-order chi connectivity index (χ1) is 8.99. The Bertz CT molecular complexity index is 425. The van der Waals surface area contributed by atoms with E-state index in [4.69, 9.17) is 5.73 Å². The highest BCUT2D eigenvalue weighted by Crippen LogP contribution is 2.29. The molecule has 0 aliphatic carbocycles. The molecule has 19 heavy (non-hydrogen) atoms. The van der Waals surface area contributed by atoms with Crippen molar-refractivity contribution >= 4 is 5.69 Å². The smallest absolute Gasteiger partial charge is 0.123 e. The van der Waals surface area contributed by atoms with Gasteiger partial charge in [0.15, 0.2) is 0 Å². The Morgan fingerprint density at radius 2 is 2.00 bits per heavy atom.